The molecule has 0 radical (unpaired) electrons. The number of nitrogens with zero attached hydrogens (tertiary/aromatic N) is 1. The maximum Gasteiger partial charge on any atom is 0.174 e. The van der Waals surface area contributed by atoms with Gasteiger partial charge in [0.15, 0.2) is 5.76 Å². The van der Waals surface area contributed by atoms with Gasteiger partial charge in [-0.2, -0.15) is 0 Å². The number of aliphatic hydroxyl groups is 1. The zero-order valence-electron chi connectivity index (χ0n) is 8.96. The monoisotopic (exact) mass is 219 g/mol. The molecule has 2 rings (SSSR count). The normalized spacial score (nSPS) is 12.4. The highest BCUT2D eigenvalue weighted by Crippen LogP contribution is 2.19. The van der Waals surface area contributed by atoms with Crippen molar-refractivity contribution in [1.29, 1.82) is 0 Å². The molecular weight excluding hydrogens is 206 g/mol. The van der Waals surface area contributed by atoms with Gasteiger partial charge in [-0.3, -0.25) is 0 Å². The minimum Gasteiger partial charge on any atom is -0.486 e. The van der Waals surface area contributed by atoms with Gasteiger partial charge in [-0.1, -0.05) is 17.3 Å². The first kappa shape index (κ1) is 10.7. The van der Waals surface area contributed by atoms with Gasteiger partial charge in [-0.05, 0) is 24.6 Å². The Labute approximate surface area is 93.5 Å². The summed E-state index contributed by atoms with van der Waals surface area (Å²) in [5.41, 5.74) is 0.829. The molecule has 1 aromatic carbocycles. The maximum absolute atomic E-state index is 9.42. The van der Waals surface area contributed by atoms with E-state index in [1.807, 2.05) is 18.2 Å². The molecular formula is C12H13NO3. The van der Waals surface area contributed by atoms with Gasteiger partial charge in [0, 0.05) is 6.07 Å². The Morgan fingerprint density at radius 1 is 1.44 bits per heavy atom. The largest absolute Gasteiger partial charge is 0.486 e. The first-order chi connectivity index (χ1) is 7.75. The first-order valence-electron chi connectivity index (χ1n) is 5.06. The summed E-state index contributed by atoms with van der Waals surface area (Å²) < 4.78 is 10.4. The minimum atomic E-state index is -0.492. The minimum absolute atomic E-state index is 0.337. The van der Waals surface area contributed by atoms with Crippen LogP contribution in [0.2, 0.25) is 0 Å². The number of aliphatic hydroxyl groups excluding tert-OH is 1. The Balaban J connectivity index is 2.01. The van der Waals surface area contributed by atoms with Crippen molar-refractivity contribution in [2.24, 2.45) is 0 Å². The molecule has 0 aliphatic heterocycles. The van der Waals surface area contributed by atoms with Crippen LogP contribution in [0.1, 0.15) is 24.4 Å². The van der Waals surface area contributed by atoms with E-state index in [-0.39, 0.29) is 0 Å². The molecule has 1 aromatic heterocycles. The van der Waals surface area contributed by atoms with Gasteiger partial charge in [0.05, 0.1) is 12.3 Å². The Kier molecular flexibility index (Phi) is 3.22. The zero-order valence-corrected chi connectivity index (χ0v) is 8.96. The van der Waals surface area contributed by atoms with Gasteiger partial charge in [0.25, 0.3) is 0 Å². The summed E-state index contributed by atoms with van der Waals surface area (Å²) in [5.74, 6) is 1.37. The molecule has 4 heteroatoms. The Hall–Kier alpha value is -1.81. The van der Waals surface area contributed by atoms with Crippen molar-refractivity contribution in [3.63, 3.8) is 0 Å². The highest BCUT2D eigenvalue weighted by molar-refractivity contribution is 5.29. The van der Waals surface area contributed by atoms with Crippen molar-refractivity contribution >= 4 is 0 Å². The van der Waals surface area contributed by atoms with Crippen LogP contribution in [-0.2, 0) is 6.61 Å². The van der Waals surface area contributed by atoms with Gasteiger partial charge in [0.1, 0.15) is 12.4 Å². The second kappa shape index (κ2) is 4.81. The number of hydrogen-bond acceptors (Lipinski definition) is 4. The summed E-state index contributed by atoms with van der Waals surface area (Å²) in [7, 11) is 0. The molecule has 2 aromatic rings. The number of aromatic nitrogens is 1. The van der Waals surface area contributed by atoms with Crippen LogP contribution < -0.4 is 4.74 Å². The molecule has 1 N–H and O–H groups in total. The smallest absolute Gasteiger partial charge is 0.174 e. The maximum atomic E-state index is 9.42. The van der Waals surface area contributed by atoms with Crippen molar-refractivity contribution in [1.82, 2.24) is 5.16 Å². The van der Waals surface area contributed by atoms with Crippen LogP contribution in [0.25, 0.3) is 0 Å². The van der Waals surface area contributed by atoms with E-state index < -0.39 is 6.10 Å². The van der Waals surface area contributed by atoms with Crippen molar-refractivity contribution in [3.05, 3.63) is 47.9 Å². The molecule has 0 saturated heterocycles. The molecule has 0 amide bonds. The van der Waals surface area contributed by atoms with Crippen molar-refractivity contribution in [3.8, 4) is 5.75 Å². The number of ether oxygens (including phenoxy) is 1. The molecule has 1 heterocycles. The van der Waals surface area contributed by atoms with Crippen LogP contribution in [-0.4, -0.2) is 10.3 Å². The van der Waals surface area contributed by atoms with Crippen molar-refractivity contribution in [2.45, 2.75) is 19.6 Å². The lowest BCUT2D eigenvalue weighted by Crippen LogP contribution is -1.96. The lowest BCUT2D eigenvalue weighted by atomic mass is 10.1. The Morgan fingerprint density at radius 2 is 2.31 bits per heavy atom. The van der Waals surface area contributed by atoms with Crippen molar-refractivity contribution < 1.29 is 14.4 Å². The van der Waals surface area contributed by atoms with Crippen molar-refractivity contribution in [2.75, 3.05) is 0 Å². The summed E-state index contributed by atoms with van der Waals surface area (Å²) in [6, 6.07) is 9.09. The van der Waals surface area contributed by atoms with E-state index in [4.69, 9.17) is 9.26 Å². The molecule has 0 aliphatic rings. The van der Waals surface area contributed by atoms with E-state index >= 15 is 0 Å². The fourth-order valence-electron chi connectivity index (χ4n) is 1.34. The summed E-state index contributed by atoms with van der Waals surface area (Å²) in [6.07, 6.45) is 1.08. The zero-order chi connectivity index (χ0) is 11.4. The first-order valence-corrected chi connectivity index (χ1v) is 5.06. The number of rotatable bonds is 4. The van der Waals surface area contributed by atoms with E-state index in [0.717, 1.165) is 5.56 Å². The molecule has 16 heavy (non-hydrogen) atoms. The van der Waals surface area contributed by atoms with Crippen LogP contribution in [0.15, 0.2) is 41.1 Å². The van der Waals surface area contributed by atoms with Gasteiger partial charge >= 0.3 is 0 Å². The molecule has 4 nitrogen and oxygen atoms in total. The van der Waals surface area contributed by atoms with Gasteiger partial charge in [0.2, 0.25) is 0 Å². The molecule has 0 bridgehead atoms. The lowest BCUT2D eigenvalue weighted by Gasteiger charge is -2.08. The van der Waals surface area contributed by atoms with E-state index in [9.17, 15) is 5.11 Å². The second-order valence-corrected chi connectivity index (χ2v) is 3.52. The molecule has 1 atom stereocenters. The molecule has 0 aliphatic carbocycles. The summed E-state index contributed by atoms with van der Waals surface area (Å²) in [5, 5.41) is 13.0. The molecule has 0 unspecified atom stereocenters. The third kappa shape index (κ3) is 2.61. The predicted octanol–water partition coefficient (Wildman–Crippen LogP) is 2.31. The Bertz CT molecular complexity index is 437. The van der Waals surface area contributed by atoms with Gasteiger partial charge < -0.3 is 14.4 Å². The van der Waals surface area contributed by atoms with E-state index in [1.54, 1.807) is 25.3 Å². The van der Waals surface area contributed by atoms with Gasteiger partial charge in [-0.25, -0.2) is 0 Å². The van der Waals surface area contributed by atoms with Crippen LogP contribution in [0.3, 0.4) is 0 Å². The third-order valence-corrected chi connectivity index (χ3v) is 2.21. The second-order valence-electron chi connectivity index (χ2n) is 3.52. The van der Waals surface area contributed by atoms with E-state index in [1.165, 1.54) is 0 Å². The van der Waals surface area contributed by atoms with Gasteiger partial charge in [-0.15, -0.1) is 0 Å². The highest BCUT2D eigenvalue weighted by Gasteiger charge is 2.03. The fourth-order valence-corrected chi connectivity index (χ4v) is 1.34. The topological polar surface area (TPSA) is 55.5 Å². The number of hydrogen-bond donors (Lipinski definition) is 1. The quantitative estimate of drug-likeness (QED) is 0.857. The number of benzene rings is 1. The third-order valence-electron chi connectivity index (χ3n) is 2.21. The lowest BCUT2D eigenvalue weighted by molar-refractivity contribution is 0.198. The van der Waals surface area contributed by atoms with E-state index in [0.29, 0.717) is 18.1 Å². The standard InChI is InChI=1S/C12H13NO3/c1-9(14)10-3-2-4-11(7-10)15-8-12-5-6-13-16-12/h2-7,9,14H,8H2,1H3/t9-/m1/s1. The van der Waals surface area contributed by atoms with Crippen LogP contribution in [0.4, 0.5) is 0 Å². The predicted molar refractivity (Wildman–Crippen MR) is 57.9 cm³/mol. The highest BCUT2D eigenvalue weighted by atomic mass is 16.5. The van der Waals surface area contributed by atoms with Crippen LogP contribution in [0, 0.1) is 0 Å². The van der Waals surface area contributed by atoms with Crippen LogP contribution in [0.5, 0.6) is 5.75 Å². The molecule has 0 fully saturated rings. The molecule has 84 valence electrons. The van der Waals surface area contributed by atoms with Crippen LogP contribution >= 0.6 is 0 Å². The summed E-state index contributed by atoms with van der Waals surface area (Å²) in [6.45, 7) is 2.05. The summed E-state index contributed by atoms with van der Waals surface area (Å²) >= 11 is 0. The van der Waals surface area contributed by atoms with E-state index in [2.05, 4.69) is 5.16 Å². The molecule has 0 saturated carbocycles. The SMILES string of the molecule is C[C@@H](O)c1cccc(OCc2ccno2)c1. The summed E-state index contributed by atoms with van der Waals surface area (Å²) in [4.78, 5) is 0. The Morgan fingerprint density at radius 3 is 3.00 bits per heavy atom. The molecule has 0 spiro atoms. The average molecular weight is 219 g/mol. The average Bonchev–Trinajstić information content (AvgIpc) is 2.79. The fraction of sp³-hybridized carbons (Fsp3) is 0.250.